The number of likely N-dealkylation sites (N-methyl/N-ethyl adjacent to an activating group) is 1. The van der Waals surface area contributed by atoms with Gasteiger partial charge in [0.2, 0.25) is 0 Å². The fourth-order valence-corrected chi connectivity index (χ4v) is 2.53. The molecular formula is C15H25N3. The molecule has 1 unspecified atom stereocenters. The number of fused-ring (bicyclic) bond motifs is 1. The minimum absolute atomic E-state index is 0.618. The number of para-hydroxylation sites is 2. The van der Waals surface area contributed by atoms with E-state index in [1.165, 1.54) is 24.2 Å². The molecule has 0 spiro atoms. The Morgan fingerprint density at radius 2 is 1.94 bits per heavy atom. The van der Waals surface area contributed by atoms with Crippen LogP contribution in [0.15, 0.2) is 24.3 Å². The van der Waals surface area contributed by atoms with Gasteiger partial charge in [0.15, 0.2) is 0 Å². The van der Waals surface area contributed by atoms with Gasteiger partial charge in [-0.05, 0) is 38.9 Å². The van der Waals surface area contributed by atoms with Crippen LogP contribution in [0.2, 0.25) is 0 Å². The van der Waals surface area contributed by atoms with Gasteiger partial charge in [0, 0.05) is 32.7 Å². The Morgan fingerprint density at radius 1 is 1.22 bits per heavy atom. The van der Waals surface area contributed by atoms with Crippen LogP contribution in [0.3, 0.4) is 0 Å². The predicted molar refractivity (Wildman–Crippen MR) is 79.7 cm³/mol. The van der Waals surface area contributed by atoms with Crippen LogP contribution in [-0.4, -0.2) is 39.8 Å². The number of benzene rings is 1. The van der Waals surface area contributed by atoms with E-state index >= 15 is 0 Å². The van der Waals surface area contributed by atoms with Crippen molar-refractivity contribution in [3.8, 4) is 0 Å². The first-order valence-electron chi connectivity index (χ1n) is 6.94. The van der Waals surface area contributed by atoms with Crippen molar-refractivity contribution in [1.29, 1.82) is 0 Å². The third kappa shape index (κ3) is 2.96. The number of hydrogen-bond acceptors (Lipinski definition) is 3. The maximum atomic E-state index is 3.30. The van der Waals surface area contributed by atoms with Gasteiger partial charge in [0.05, 0.1) is 11.4 Å². The molecule has 1 atom stereocenters. The van der Waals surface area contributed by atoms with Crippen LogP contribution in [-0.2, 0) is 0 Å². The zero-order valence-corrected chi connectivity index (χ0v) is 11.8. The fourth-order valence-electron chi connectivity index (χ4n) is 2.53. The highest BCUT2D eigenvalue weighted by Gasteiger charge is 2.19. The average molecular weight is 247 g/mol. The maximum Gasteiger partial charge on any atom is 0.0604 e. The molecule has 100 valence electrons. The molecule has 3 heteroatoms. The van der Waals surface area contributed by atoms with Crippen LogP contribution in [0.4, 0.5) is 11.4 Å². The zero-order valence-electron chi connectivity index (χ0n) is 11.8. The zero-order chi connectivity index (χ0) is 13.0. The van der Waals surface area contributed by atoms with E-state index in [1.807, 2.05) is 7.05 Å². The van der Waals surface area contributed by atoms with E-state index in [-0.39, 0.29) is 0 Å². The molecule has 1 heterocycles. The van der Waals surface area contributed by atoms with Crippen molar-refractivity contribution in [2.75, 3.05) is 43.5 Å². The number of nitrogens with one attached hydrogen (secondary N) is 1. The summed E-state index contributed by atoms with van der Waals surface area (Å²) in [6.45, 7) is 5.68. The minimum Gasteiger partial charge on any atom is -0.371 e. The van der Waals surface area contributed by atoms with Crippen molar-refractivity contribution >= 4 is 11.4 Å². The second kappa shape index (κ2) is 6.10. The first kappa shape index (κ1) is 13.2. The third-order valence-electron chi connectivity index (χ3n) is 3.90. The summed E-state index contributed by atoms with van der Waals surface area (Å²) < 4.78 is 0. The lowest BCUT2D eigenvalue weighted by molar-refractivity contribution is 0.536. The summed E-state index contributed by atoms with van der Waals surface area (Å²) in [5, 5.41) is 3.30. The second-order valence-corrected chi connectivity index (χ2v) is 5.23. The highest BCUT2D eigenvalue weighted by molar-refractivity contribution is 5.72. The van der Waals surface area contributed by atoms with Crippen LogP contribution >= 0.6 is 0 Å². The van der Waals surface area contributed by atoms with Crippen LogP contribution in [0.25, 0.3) is 0 Å². The molecule has 1 N–H and O–H groups in total. The summed E-state index contributed by atoms with van der Waals surface area (Å²) in [7, 11) is 4.22. The topological polar surface area (TPSA) is 18.5 Å². The average Bonchev–Trinajstić information content (AvgIpc) is 2.41. The molecule has 2 rings (SSSR count). The number of anilines is 2. The fraction of sp³-hybridized carbons (Fsp3) is 0.600. The molecule has 0 aromatic heterocycles. The van der Waals surface area contributed by atoms with E-state index in [9.17, 15) is 0 Å². The summed E-state index contributed by atoms with van der Waals surface area (Å²) in [6, 6.07) is 9.35. The Hall–Kier alpha value is -1.22. The van der Waals surface area contributed by atoms with Crippen molar-refractivity contribution in [1.82, 2.24) is 5.32 Å². The standard InChI is InChI=1S/C15H25N3/c1-13(16-2)7-6-10-18-12-11-17(3)14-8-4-5-9-15(14)18/h4-5,8-9,13,16H,6-7,10-12H2,1-3H3. The van der Waals surface area contributed by atoms with Gasteiger partial charge < -0.3 is 15.1 Å². The summed E-state index contributed by atoms with van der Waals surface area (Å²) in [4.78, 5) is 4.87. The molecular weight excluding hydrogens is 222 g/mol. The molecule has 0 fully saturated rings. The molecule has 1 aromatic carbocycles. The third-order valence-corrected chi connectivity index (χ3v) is 3.90. The van der Waals surface area contributed by atoms with Gasteiger partial charge in [-0.25, -0.2) is 0 Å². The molecule has 0 aliphatic carbocycles. The van der Waals surface area contributed by atoms with Crippen LogP contribution in [0.5, 0.6) is 0 Å². The number of nitrogens with zero attached hydrogens (tertiary/aromatic N) is 2. The lowest BCUT2D eigenvalue weighted by atomic mass is 10.1. The molecule has 0 radical (unpaired) electrons. The van der Waals surface area contributed by atoms with Crippen molar-refractivity contribution in [2.24, 2.45) is 0 Å². The summed E-state index contributed by atoms with van der Waals surface area (Å²) in [6.07, 6.45) is 2.49. The van der Waals surface area contributed by atoms with Crippen molar-refractivity contribution in [3.63, 3.8) is 0 Å². The van der Waals surface area contributed by atoms with Gasteiger partial charge in [-0.15, -0.1) is 0 Å². The number of rotatable bonds is 5. The normalized spacial score (nSPS) is 16.6. The summed E-state index contributed by atoms with van der Waals surface area (Å²) in [5.74, 6) is 0. The van der Waals surface area contributed by atoms with Crippen molar-refractivity contribution in [2.45, 2.75) is 25.8 Å². The Kier molecular flexibility index (Phi) is 4.48. The molecule has 0 saturated heterocycles. The first-order chi connectivity index (χ1) is 8.72. The van der Waals surface area contributed by atoms with E-state index in [4.69, 9.17) is 0 Å². The van der Waals surface area contributed by atoms with E-state index < -0.39 is 0 Å². The van der Waals surface area contributed by atoms with Gasteiger partial charge in [-0.2, -0.15) is 0 Å². The summed E-state index contributed by atoms with van der Waals surface area (Å²) in [5.41, 5.74) is 2.76. The van der Waals surface area contributed by atoms with Crippen molar-refractivity contribution in [3.05, 3.63) is 24.3 Å². The van der Waals surface area contributed by atoms with Gasteiger partial charge in [-0.3, -0.25) is 0 Å². The quantitative estimate of drug-likeness (QED) is 0.861. The van der Waals surface area contributed by atoms with E-state index in [0.29, 0.717) is 6.04 Å². The van der Waals surface area contributed by atoms with Gasteiger partial charge >= 0.3 is 0 Å². The monoisotopic (exact) mass is 247 g/mol. The van der Waals surface area contributed by atoms with Crippen LogP contribution < -0.4 is 15.1 Å². The lowest BCUT2D eigenvalue weighted by Crippen LogP contribution is -2.39. The molecule has 3 nitrogen and oxygen atoms in total. The highest BCUT2D eigenvalue weighted by atomic mass is 15.2. The predicted octanol–water partition coefficient (Wildman–Crippen LogP) is 2.33. The Labute approximate surface area is 111 Å². The van der Waals surface area contributed by atoms with Crippen molar-refractivity contribution < 1.29 is 0 Å². The second-order valence-electron chi connectivity index (χ2n) is 5.23. The minimum atomic E-state index is 0.618. The Morgan fingerprint density at radius 3 is 2.67 bits per heavy atom. The van der Waals surface area contributed by atoms with Crippen LogP contribution in [0, 0.1) is 0 Å². The van der Waals surface area contributed by atoms with E-state index in [0.717, 1.165) is 19.6 Å². The maximum absolute atomic E-state index is 3.30. The molecule has 0 amide bonds. The van der Waals surface area contributed by atoms with E-state index in [1.54, 1.807) is 0 Å². The van der Waals surface area contributed by atoms with Gasteiger partial charge in [0.1, 0.15) is 0 Å². The number of hydrogen-bond donors (Lipinski definition) is 1. The Bertz CT molecular complexity index is 378. The molecule has 1 aliphatic heterocycles. The molecule has 1 aromatic rings. The molecule has 18 heavy (non-hydrogen) atoms. The summed E-state index contributed by atoms with van der Waals surface area (Å²) >= 11 is 0. The molecule has 0 saturated carbocycles. The van der Waals surface area contributed by atoms with Gasteiger partial charge in [-0.1, -0.05) is 12.1 Å². The van der Waals surface area contributed by atoms with E-state index in [2.05, 4.69) is 53.4 Å². The molecule has 0 bridgehead atoms. The first-order valence-corrected chi connectivity index (χ1v) is 6.94. The Balaban J connectivity index is 1.96. The highest BCUT2D eigenvalue weighted by Crippen LogP contribution is 2.31. The SMILES string of the molecule is CNC(C)CCCN1CCN(C)c2ccccc21. The van der Waals surface area contributed by atoms with Crippen LogP contribution in [0.1, 0.15) is 19.8 Å². The lowest BCUT2D eigenvalue weighted by Gasteiger charge is -2.37. The smallest absolute Gasteiger partial charge is 0.0604 e. The van der Waals surface area contributed by atoms with Gasteiger partial charge in [0.25, 0.3) is 0 Å². The molecule has 1 aliphatic rings. The largest absolute Gasteiger partial charge is 0.371 e.